The summed E-state index contributed by atoms with van der Waals surface area (Å²) in [6.07, 6.45) is -0.968. The zero-order valence-corrected chi connectivity index (χ0v) is 11.9. The number of nitrogens with zero attached hydrogens (tertiary/aromatic N) is 1. The number of hydrogen-bond donors (Lipinski definition) is 2. The van der Waals surface area contributed by atoms with Crippen molar-refractivity contribution in [2.45, 2.75) is 18.9 Å². The van der Waals surface area contributed by atoms with E-state index in [1.165, 1.54) is 23.5 Å². The minimum Gasteiger partial charge on any atom is -0.386 e. The van der Waals surface area contributed by atoms with Crippen LogP contribution in [0.1, 0.15) is 28.3 Å². The lowest BCUT2D eigenvalue weighted by Gasteiger charge is -2.22. The van der Waals surface area contributed by atoms with Crippen molar-refractivity contribution in [3.63, 3.8) is 0 Å². The van der Waals surface area contributed by atoms with Crippen molar-refractivity contribution in [1.82, 2.24) is 4.98 Å². The molecule has 2 atom stereocenters. The second-order valence-corrected chi connectivity index (χ2v) is 5.68. The second kappa shape index (κ2) is 5.96. The Morgan fingerprint density at radius 1 is 1.53 bits per heavy atom. The number of aromatic nitrogens is 1. The summed E-state index contributed by atoms with van der Waals surface area (Å²) in [4.78, 5) is 4.21. The zero-order valence-electron chi connectivity index (χ0n) is 10.3. The molecular formula is C13H14ClFN2OS. The van der Waals surface area contributed by atoms with E-state index in [1.807, 2.05) is 6.92 Å². The molecule has 0 saturated heterocycles. The number of hydrogen-bond acceptors (Lipinski definition) is 4. The van der Waals surface area contributed by atoms with Crippen LogP contribution in [-0.2, 0) is 0 Å². The summed E-state index contributed by atoms with van der Waals surface area (Å²) < 4.78 is 13.9. The molecule has 6 heteroatoms. The standard InChI is InChI=1S/C13H14ClFN2OS/c1-7-17-11(6-19-7)13(18)8(5-16)12-9(14)3-2-4-10(12)15/h2-4,6,8,13,18H,5,16H2,1H3. The molecule has 0 aliphatic rings. The van der Waals surface area contributed by atoms with Crippen molar-refractivity contribution in [1.29, 1.82) is 0 Å². The second-order valence-electron chi connectivity index (χ2n) is 4.21. The van der Waals surface area contributed by atoms with Crippen LogP contribution in [0.3, 0.4) is 0 Å². The Morgan fingerprint density at radius 2 is 2.26 bits per heavy atom. The lowest BCUT2D eigenvalue weighted by atomic mass is 9.91. The molecule has 0 radical (unpaired) electrons. The Hall–Kier alpha value is -1.01. The quantitative estimate of drug-likeness (QED) is 0.912. The molecule has 102 valence electrons. The average molecular weight is 301 g/mol. The van der Waals surface area contributed by atoms with E-state index < -0.39 is 17.8 Å². The Balaban J connectivity index is 2.39. The van der Waals surface area contributed by atoms with E-state index >= 15 is 0 Å². The Kier molecular flexibility index (Phi) is 4.52. The summed E-state index contributed by atoms with van der Waals surface area (Å²) in [6.45, 7) is 1.92. The third kappa shape index (κ3) is 2.95. The van der Waals surface area contributed by atoms with Crippen LogP contribution in [0.15, 0.2) is 23.6 Å². The fourth-order valence-corrected chi connectivity index (χ4v) is 2.94. The first-order chi connectivity index (χ1) is 9.04. The van der Waals surface area contributed by atoms with Gasteiger partial charge in [0.2, 0.25) is 0 Å². The van der Waals surface area contributed by atoms with Crippen molar-refractivity contribution >= 4 is 22.9 Å². The summed E-state index contributed by atoms with van der Waals surface area (Å²) in [5.74, 6) is -1.08. The fourth-order valence-electron chi connectivity index (χ4n) is 1.99. The first-order valence-electron chi connectivity index (χ1n) is 5.78. The lowest BCUT2D eigenvalue weighted by molar-refractivity contribution is 0.142. The first-order valence-corrected chi connectivity index (χ1v) is 7.04. The maximum atomic E-state index is 13.9. The number of benzene rings is 1. The van der Waals surface area contributed by atoms with E-state index in [0.717, 1.165) is 5.01 Å². The number of aryl methyl sites for hydroxylation is 1. The monoisotopic (exact) mass is 300 g/mol. The number of aliphatic hydroxyl groups excluding tert-OH is 1. The lowest BCUT2D eigenvalue weighted by Crippen LogP contribution is -2.22. The smallest absolute Gasteiger partial charge is 0.128 e. The molecule has 1 heterocycles. The third-order valence-corrected chi connectivity index (χ3v) is 4.07. The molecule has 2 unspecified atom stereocenters. The molecule has 0 aliphatic heterocycles. The van der Waals surface area contributed by atoms with Gasteiger partial charge in [-0.15, -0.1) is 11.3 Å². The van der Waals surface area contributed by atoms with Gasteiger partial charge in [-0.2, -0.15) is 0 Å². The molecule has 2 aromatic rings. The van der Waals surface area contributed by atoms with Crippen LogP contribution >= 0.6 is 22.9 Å². The molecule has 1 aromatic heterocycles. The van der Waals surface area contributed by atoms with Gasteiger partial charge in [0.1, 0.15) is 11.9 Å². The Labute approximate surface area is 119 Å². The number of aliphatic hydroxyl groups is 1. The molecule has 0 fully saturated rings. The minimum atomic E-state index is -0.968. The molecule has 0 aliphatic carbocycles. The van der Waals surface area contributed by atoms with Crippen LogP contribution in [0.5, 0.6) is 0 Å². The van der Waals surface area contributed by atoms with Gasteiger partial charge in [0, 0.05) is 28.4 Å². The molecule has 19 heavy (non-hydrogen) atoms. The predicted molar refractivity (Wildman–Crippen MR) is 75.0 cm³/mol. The van der Waals surface area contributed by atoms with Gasteiger partial charge in [0.05, 0.1) is 10.7 Å². The van der Waals surface area contributed by atoms with Gasteiger partial charge in [-0.3, -0.25) is 0 Å². The highest BCUT2D eigenvalue weighted by Crippen LogP contribution is 2.35. The van der Waals surface area contributed by atoms with Crippen LogP contribution in [0.25, 0.3) is 0 Å². The van der Waals surface area contributed by atoms with E-state index in [9.17, 15) is 9.50 Å². The number of nitrogens with two attached hydrogens (primary N) is 1. The predicted octanol–water partition coefficient (Wildman–Crippen LogP) is 3.02. The first kappa shape index (κ1) is 14.4. The van der Waals surface area contributed by atoms with Gasteiger partial charge < -0.3 is 10.8 Å². The molecule has 0 bridgehead atoms. The van der Waals surface area contributed by atoms with E-state index in [0.29, 0.717) is 5.69 Å². The van der Waals surface area contributed by atoms with Gasteiger partial charge in [0.15, 0.2) is 0 Å². The van der Waals surface area contributed by atoms with Crippen LogP contribution in [0, 0.1) is 12.7 Å². The van der Waals surface area contributed by atoms with Crippen molar-refractivity contribution in [3.05, 3.63) is 50.7 Å². The summed E-state index contributed by atoms with van der Waals surface area (Å²) >= 11 is 7.44. The maximum Gasteiger partial charge on any atom is 0.128 e. The van der Waals surface area contributed by atoms with Crippen molar-refractivity contribution in [3.8, 4) is 0 Å². The van der Waals surface area contributed by atoms with Crippen molar-refractivity contribution in [2.24, 2.45) is 5.73 Å². The van der Waals surface area contributed by atoms with Crippen LogP contribution in [0.2, 0.25) is 5.02 Å². The largest absolute Gasteiger partial charge is 0.386 e. The van der Waals surface area contributed by atoms with Gasteiger partial charge in [-0.25, -0.2) is 9.37 Å². The highest BCUT2D eigenvalue weighted by molar-refractivity contribution is 7.09. The van der Waals surface area contributed by atoms with Crippen LogP contribution in [-0.4, -0.2) is 16.6 Å². The van der Waals surface area contributed by atoms with Crippen LogP contribution in [0.4, 0.5) is 4.39 Å². The number of rotatable bonds is 4. The van der Waals surface area contributed by atoms with Crippen molar-refractivity contribution < 1.29 is 9.50 Å². The molecule has 3 nitrogen and oxygen atoms in total. The number of thiazole rings is 1. The number of halogens is 2. The topological polar surface area (TPSA) is 59.1 Å². The van der Waals surface area contributed by atoms with Gasteiger partial charge in [-0.1, -0.05) is 17.7 Å². The van der Waals surface area contributed by atoms with Gasteiger partial charge in [-0.05, 0) is 19.1 Å². The molecule has 0 amide bonds. The molecular weight excluding hydrogens is 287 g/mol. The highest BCUT2D eigenvalue weighted by atomic mass is 35.5. The minimum absolute atomic E-state index is 0.0817. The Morgan fingerprint density at radius 3 is 2.79 bits per heavy atom. The average Bonchev–Trinajstić information content (AvgIpc) is 2.80. The SMILES string of the molecule is Cc1nc(C(O)C(CN)c2c(F)cccc2Cl)cs1. The summed E-state index contributed by atoms with van der Waals surface area (Å²) in [6, 6.07) is 4.42. The molecule has 0 saturated carbocycles. The summed E-state index contributed by atoms with van der Waals surface area (Å²) in [7, 11) is 0. The molecule has 0 spiro atoms. The normalized spacial score (nSPS) is 14.4. The molecule has 3 N–H and O–H groups in total. The van der Waals surface area contributed by atoms with Gasteiger partial charge >= 0.3 is 0 Å². The molecule has 2 rings (SSSR count). The van der Waals surface area contributed by atoms with Crippen LogP contribution < -0.4 is 5.73 Å². The molecule has 1 aromatic carbocycles. The van der Waals surface area contributed by atoms with Gasteiger partial charge in [0.25, 0.3) is 0 Å². The Bertz CT molecular complexity index is 555. The van der Waals surface area contributed by atoms with E-state index in [2.05, 4.69) is 4.98 Å². The highest BCUT2D eigenvalue weighted by Gasteiger charge is 2.27. The van der Waals surface area contributed by atoms with Crippen molar-refractivity contribution in [2.75, 3.05) is 6.54 Å². The maximum absolute atomic E-state index is 13.9. The third-order valence-electron chi connectivity index (χ3n) is 2.95. The van der Waals surface area contributed by atoms with E-state index in [1.54, 1.807) is 11.4 Å². The van der Waals surface area contributed by atoms with E-state index in [-0.39, 0.29) is 17.1 Å². The summed E-state index contributed by atoms with van der Waals surface area (Å²) in [5.41, 5.74) is 6.42. The zero-order chi connectivity index (χ0) is 14.0. The summed E-state index contributed by atoms with van der Waals surface area (Å²) in [5, 5.41) is 13.2. The van der Waals surface area contributed by atoms with E-state index in [4.69, 9.17) is 17.3 Å². The fraction of sp³-hybridized carbons (Fsp3) is 0.308.